The van der Waals surface area contributed by atoms with E-state index in [1.54, 1.807) is 37.3 Å². The molecule has 0 spiro atoms. The molecule has 2 aromatic rings. The van der Waals surface area contributed by atoms with Gasteiger partial charge >= 0.3 is 6.09 Å². The second-order valence-corrected chi connectivity index (χ2v) is 6.77. The van der Waals surface area contributed by atoms with Crippen LogP contribution in [0.2, 0.25) is 0 Å². The van der Waals surface area contributed by atoms with E-state index in [1.165, 1.54) is 37.7 Å². The number of methoxy groups -OCH3 is 1. The number of amides is 2. The molecule has 0 aliphatic rings. The van der Waals surface area contributed by atoms with Crippen LogP contribution in [0.1, 0.15) is 35.9 Å². The number of anilines is 1. The molecule has 0 fully saturated rings. The van der Waals surface area contributed by atoms with Crippen LogP contribution in [0.5, 0.6) is 11.5 Å². The number of benzene rings is 2. The molecule has 2 atom stereocenters. The number of rotatable bonds is 10. The van der Waals surface area contributed by atoms with Crippen molar-refractivity contribution >= 4 is 23.5 Å². The summed E-state index contributed by atoms with van der Waals surface area (Å²) in [5.41, 5.74) is 2.72. The molecule has 2 aromatic carbocycles. The lowest BCUT2D eigenvalue weighted by Gasteiger charge is -2.25. The first kappa shape index (κ1) is 25.4. The van der Waals surface area contributed by atoms with E-state index in [1.807, 2.05) is 0 Å². The molecule has 0 saturated heterocycles. The molecule has 0 aliphatic carbocycles. The summed E-state index contributed by atoms with van der Waals surface area (Å²) in [6, 6.07) is 10.7. The Morgan fingerprint density at radius 1 is 1.12 bits per heavy atom. The molecule has 176 valence electrons. The number of ketones is 1. The fourth-order valence-electron chi connectivity index (χ4n) is 2.92. The Bertz CT molecular complexity index is 1000. The van der Waals surface area contributed by atoms with E-state index in [4.69, 9.17) is 19.4 Å². The second-order valence-electron chi connectivity index (χ2n) is 6.77. The summed E-state index contributed by atoms with van der Waals surface area (Å²) in [5, 5.41) is 21.5. The van der Waals surface area contributed by atoms with Gasteiger partial charge in [0.2, 0.25) is 0 Å². The molecule has 0 heterocycles. The van der Waals surface area contributed by atoms with Crippen molar-refractivity contribution in [2.45, 2.75) is 26.1 Å². The molecule has 0 bridgehead atoms. The molecule has 0 saturated carbocycles. The maximum absolute atomic E-state index is 12.6. The van der Waals surface area contributed by atoms with Crippen molar-refractivity contribution in [3.8, 4) is 11.5 Å². The Morgan fingerprint density at radius 3 is 2.36 bits per heavy atom. The van der Waals surface area contributed by atoms with Gasteiger partial charge in [-0.1, -0.05) is 6.07 Å². The largest absolute Gasteiger partial charge is 0.504 e. The molecular formula is C23H26N2O8. The van der Waals surface area contributed by atoms with E-state index in [-0.39, 0.29) is 23.9 Å². The monoisotopic (exact) mass is 458 g/mol. The minimum atomic E-state index is -1.08. The first-order valence-electron chi connectivity index (χ1n) is 9.98. The molecule has 10 nitrogen and oxygen atoms in total. The quantitative estimate of drug-likeness (QED) is 0.184. The highest BCUT2D eigenvalue weighted by atomic mass is 16.6. The lowest BCUT2D eigenvalue weighted by atomic mass is 10.0. The Labute approximate surface area is 190 Å². The fraction of sp³-hybridized carbons (Fsp3) is 0.261. The summed E-state index contributed by atoms with van der Waals surface area (Å²) in [5.74, 6) is -0.875. The van der Waals surface area contributed by atoms with Gasteiger partial charge in [0.1, 0.15) is 6.10 Å². The molecule has 2 rings (SSSR count). The number of phenolic OH excluding ortho intramolecular Hbond substituents is 1. The Hall–Kier alpha value is -3.89. The normalized spacial score (nSPS) is 12.6. The zero-order valence-corrected chi connectivity index (χ0v) is 18.4. The summed E-state index contributed by atoms with van der Waals surface area (Å²) >= 11 is 0. The van der Waals surface area contributed by atoms with Gasteiger partial charge in [-0.05, 0) is 61.9 Å². The number of carbonyl (C=O) groups is 3. The van der Waals surface area contributed by atoms with Gasteiger partial charge in [-0.3, -0.25) is 20.1 Å². The molecule has 0 aliphatic heterocycles. The van der Waals surface area contributed by atoms with Gasteiger partial charge in [0.15, 0.2) is 23.4 Å². The number of phenols is 1. The van der Waals surface area contributed by atoms with Crippen LogP contribution in [0.3, 0.4) is 0 Å². The van der Waals surface area contributed by atoms with Crippen LogP contribution in [-0.2, 0) is 14.3 Å². The lowest BCUT2D eigenvalue weighted by molar-refractivity contribution is -0.124. The van der Waals surface area contributed by atoms with Gasteiger partial charge in [-0.2, -0.15) is 0 Å². The third-order valence-electron chi connectivity index (χ3n) is 4.51. The molecule has 2 amide bonds. The second kappa shape index (κ2) is 12.2. The average Bonchev–Trinajstić information content (AvgIpc) is 2.80. The number of hydrogen-bond donors (Lipinski definition) is 4. The summed E-state index contributed by atoms with van der Waals surface area (Å²) < 4.78 is 16.3. The highest BCUT2D eigenvalue weighted by Gasteiger charge is 2.27. The van der Waals surface area contributed by atoms with Crippen molar-refractivity contribution in [1.82, 2.24) is 5.48 Å². The van der Waals surface area contributed by atoms with Crippen molar-refractivity contribution in [3.05, 3.63) is 65.7 Å². The lowest BCUT2D eigenvalue weighted by Crippen LogP contribution is -2.28. The first-order valence-corrected chi connectivity index (χ1v) is 9.98. The maximum Gasteiger partial charge on any atom is 0.412 e. The first-order chi connectivity index (χ1) is 15.8. The average molecular weight is 458 g/mol. The number of carbonyl (C=O) groups excluding carboxylic acids is 3. The van der Waals surface area contributed by atoms with Crippen LogP contribution < -0.4 is 15.5 Å². The van der Waals surface area contributed by atoms with Crippen molar-refractivity contribution in [3.63, 3.8) is 0 Å². The Morgan fingerprint density at radius 2 is 1.82 bits per heavy atom. The topological polar surface area (TPSA) is 143 Å². The van der Waals surface area contributed by atoms with Gasteiger partial charge in [0.05, 0.1) is 7.11 Å². The van der Waals surface area contributed by atoms with E-state index in [0.717, 1.165) is 6.08 Å². The summed E-state index contributed by atoms with van der Waals surface area (Å²) in [6.07, 6.45) is -0.517. The minimum absolute atomic E-state index is 0.109. The van der Waals surface area contributed by atoms with E-state index in [2.05, 4.69) is 5.32 Å². The van der Waals surface area contributed by atoms with Gasteiger partial charge < -0.3 is 19.3 Å². The predicted molar refractivity (Wildman–Crippen MR) is 118 cm³/mol. The Balaban J connectivity index is 2.32. The number of hydroxylamine groups is 1. The molecule has 0 radical (unpaired) electrons. The maximum atomic E-state index is 12.6. The summed E-state index contributed by atoms with van der Waals surface area (Å²) in [6.45, 7) is 3.36. The molecule has 4 N–H and O–H groups in total. The highest BCUT2D eigenvalue weighted by Crippen LogP contribution is 2.33. The summed E-state index contributed by atoms with van der Waals surface area (Å²) in [4.78, 5) is 35.5. The van der Waals surface area contributed by atoms with E-state index >= 15 is 0 Å². The number of aromatic hydroxyl groups is 1. The molecular weight excluding hydrogens is 432 g/mol. The van der Waals surface area contributed by atoms with Crippen LogP contribution in [0.25, 0.3) is 0 Å². The van der Waals surface area contributed by atoms with Crippen molar-refractivity contribution in [2.75, 3.05) is 19.0 Å². The number of hydrogen-bond acceptors (Lipinski definition) is 8. The standard InChI is InChI=1S/C23H26N2O8/c1-4-32-20(11-12-21(28)25-30)22(16-7-10-19(31-3)18(27)13-16)33-23(29)24-17-8-5-15(6-9-17)14(2)26/h5-13,20,22,27,30H,4H2,1-3H3,(H,24,29)(H,25,28)/b12-11+/t20-,22-/m0/s1. The Kier molecular flexibility index (Phi) is 9.40. The fourth-order valence-corrected chi connectivity index (χ4v) is 2.92. The third kappa shape index (κ3) is 7.34. The molecule has 0 unspecified atom stereocenters. The van der Waals surface area contributed by atoms with Crippen molar-refractivity contribution < 1.29 is 38.9 Å². The predicted octanol–water partition coefficient (Wildman–Crippen LogP) is 3.36. The molecule has 0 aromatic heterocycles. The minimum Gasteiger partial charge on any atom is -0.504 e. The number of ether oxygens (including phenoxy) is 3. The molecule has 33 heavy (non-hydrogen) atoms. The zero-order valence-electron chi connectivity index (χ0n) is 18.4. The van der Waals surface area contributed by atoms with Gasteiger partial charge in [-0.15, -0.1) is 0 Å². The molecule has 10 heteroatoms. The van der Waals surface area contributed by atoms with Crippen LogP contribution in [0, 0.1) is 0 Å². The zero-order chi connectivity index (χ0) is 24.4. The van der Waals surface area contributed by atoms with Crippen LogP contribution >= 0.6 is 0 Å². The van der Waals surface area contributed by atoms with E-state index in [0.29, 0.717) is 16.8 Å². The van der Waals surface area contributed by atoms with Crippen LogP contribution in [0.4, 0.5) is 10.5 Å². The van der Waals surface area contributed by atoms with Gasteiger partial charge in [-0.25, -0.2) is 10.3 Å². The van der Waals surface area contributed by atoms with E-state index < -0.39 is 24.2 Å². The van der Waals surface area contributed by atoms with E-state index in [9.17, 15) is 19.5 Å². The van der Waals surface area contributed by atoms with Crippen LogP contribution in [-0.4, -0.2) is 47.9 Å². The van der Waals surface area contributed by atoms with Crippen molar-refractivity contribution in [2.24, 2.45) is 0 Å². The smallest absolute Gasteiger partial charge is 0.412 e. The summed E-state index contributed by atoms with van der Waals surface area (Å²) in [7, 11) is 1.40. The van der Waals surface area contributed by atoms with Gasteiger partial charge in [0, 0.05) is 23.9 Å². The third-order valence-corrected chi connectivity index (χ3v) is 4.51. The van der Waals surface area contributed by atoms with Crippen LogP contribution in [0.15, 0.2) is 54.6 Å². The van der Waals surface area contributed by atoms with Gasteiger partial charge in [0.25, 0.3) is 5.91 Å². The highest BCUT2D eigenvalue weighted by molar-refractivity contribution is 5.95. The SMILES string of the molecule is CCO[C@@H](/C=C/C(=O)NO)[C@@H](OC(=O)Nc1ccc(C(C)=O)cc1)c1ccc(OC)c(O)c1. The van der Waals surface area contributed by atoms with Crippen molar-refractivity contribution in [1.29, 1.82) is 0 Å². The number of nitrogens with one attached hydrogen (secondary N) is 2. The number of Topliss-reactive ketones (excluding diaryl/α,β-unsaturated/α-hetero) is 1.